The number of primary amides is 1. The van der Waals surface area contributed by atoms with E-state index in [4.69, 9.17) is 5.73 Å². The molecule has 0 saturated carbocycles. The number of nitrogens with one attached hydrogen (secondary N) is 1. The van der Waals surface area contributed by atoms with Gasteiger partial charge in [-0.15, -0.1) is 0 Å². The van der Waals surface area contributed by atoms with Crippen molar-refractivity contribution in [1.82, 2.24) is 10.2 Å². The maximum Gasteiger partial charge on any atom is 0.254 e. The molecule has 1 aliphatic heterocycles. The highest BCUT2D eigenvalue weighted by Gasteiger charge is 2.28. The molecular formula is C14H19N3O2. The predicted octanol–water partition coefficient (Wildman–Crippen LogP) is 0.284. The molecule has 1 aliphatic rings. The van der Waals surface area contributed by atoms with Crippen LogP contribution in [0.1, 0.15) is 22.3 Å². The third-order valence-corrected chi connectivity index (χ3v) is 3.36. The van der Waals surface area contributed by atoms with Crippen LogP contribution in [0.5, 0.6) is 0 Å². The first-order valence-electron chi connectivity index (χ1n) is 6.44. The number of hydrogen-bond acceptors (Lipinski definition) is 3. The SMILES string of the molecule is Cc1ccc(C(=O)N(CC(N)=O)C2CCNC2)cc1. The van der Waals surface area contributed by atoms with Crippen molar-refractivity contribution in [2.45, 2.75) is 19.4 Å². The fourth-order valence-electron chi connectivity index (χ4n) is 2.30. The smallest absolute Gasteiger partial charge is 0.254 e. The van der Waals surface area contributed by atoms with Gasteiger partial charge < -0.3 is 16.0 Å². The van der Waals surface area contributed by atoms with Gasteiger partial charge >= 0.3 is 0 Å². The van der Waals surface area contributed by atoms with E-state index in [0.29, 0.717) is 12.1 Å². The number of carbonyl (C=O) groups is 2. The van der Waals surface area contributed by atoms with Crippen LogP contribution in [0.15, 0.2) is 24.3 Å². The molecule has 2 amide bonds. The molecule has 0 radical (unpaired) electrons. The Morgan fingerprint density at radius 2 is 2.05 bits per heavy atom. The second kappa shape index (κ2) is 5.84. The Morgan fingerprint density at radius 1 is 1.37 bits per heavy atom. The summed E-state index contributed by atoms with van der Waals surface area (Å²) in [6.07, 6.45) is 0.852. The molecule has 1 fully saturated rings. The van der Waals surface area contributed by atoms with Crippen molar-refractivity contribution < 1.29 is 9.59 Å². The first-order chi connectivity index (χ1) is 9.08. The van der Waals surface area contributed by atoms with E-state index in [1.165, 1.54) is 0 Å². The number of amides is 2. The summed E-state index contributed by atoms with van der Waals surface area (Å²) in [7, 11) is 0. The van der Waals surface area contributed by atoms with Crippen LogP contribution in [0.25, 0.3) is 0 Å². The topological polar surface area (TPSA) is 75.4 Å². The van der Waals surface area contributed by atoms with Gasteiger partial charge in [-0.25, -0.2) is 0 Å². The van der Waals surface area contributed by atoms with Crippen LogP contribution in [-0.4, -0.2) is 42.4 Å². The molecule has 1 aromatic rings. The summed E-state index contributed by atoms with van der Waals surface area (Å²) in [6, 6.07) is 7.40. The predicted molar refractivity (Wildman–Crippen MR) is 72.7 cm³/mol. The zero-order chi connectivity index (χ0) is 13.8. The molecule has 5 heteroatoms. The molecule has 5 nitrogen and oxygen atoms in total. The highest BCUT2D eigenvalue weighted by Crippen LogP contribution is 2.14. The average Bonchev–Trinajstić information content (AvgIpc) is 2.89. The molecular weight excluding hydrogens is 242 g/mol. The van der Waals surface area contributed by atoms with E-state index in [2.05, 4.69) is 5.32 Å². The number of nitrogens with zero attached hydrogens (tertiary/aromatic N) is 1. The Morgan fingerprint density at radius 3 is 2.58 bits per heavy atom. The largest absolute Gasteiger partial charge is 0.368 e. The highest BCUT2D eigenvalue weighted by atomic mass is 16.2. The lowest BCUT2D eigenvalue weighted by Crippen LogP contribution is -2.46. The van der Waals surface area contributed by atoms with Crippen molar-refractivity contribution in [3.8, 4) is 0 Å². The summed E-state index contributed by atoms with van der Waals surface area (Å²) in [5, 5.41) is 3.20. The van der Waals surface area contributed by atoms with Crippen molar-refractivity contribution in [3.63, 3.8) is 0 Å². The van der Waals surface area contributed by atoms with Crippen LogP contribution in [-0.2, 0) is 4.79 Å². The van der Waals surface area contributed by atoms with Crippen LogP contribution in [0, 0.1) is 6.92 Å². The average molecular weight is 261 g/mol. The Balaban J connectivity index is 2.18. The van der Waals surface area contributed by atoms with Gasteiger partial charge in [-0.05, 0) is 32.0 Å². The standard InChI is InChI=1S/C14H19N3O2/c1-10-2-4-11(5-3-10)14(19)17(9-13(15)18)12-6-7-16-8-12/h2-5,12,16H,6-9H2,1H3,(H2,15,18). The number of carbonyl (C=O) groups excluding carboxylic acids is 2. The van der Waals surface area contributed by atoms with Crippen molar-refractivity contribution in [2.75, 3.05) is 19.6 Å². The molecule has 0 bridgehead atoms. The molecule has 0 aromatic heterocycles. The molecule has 1 atom stereocenters. The molecule has 1 saturated heterocycles. The van der Waals surface area contributed by atoms with Gasteiger partial charge in [0.1, 0.15) is 0 Å². The van der Waals surface area contributed by atoms with Crippen LogP contribution in [0.3, 0.4) is 0 Å². The zero-order valence-electron chi connectivity index (χ0n) is 11.1. The lowest BCUT2D eigenvalue weighted by atomic mass is 10.1. The van der Waals surface area contributed by atoms with Gasteiger partial charge in [0.05, 0.1) is 6.54 Å². The van der Waals surface area contributed by atoms with E-state index in [9.17, 15) is 9.59 Å². The third-order valence-electron chi connectivity index (χ3n) is 3.36. The molecule has 2 rings (SSSR count). The van der Waals surface area contributed by atoms with E-state index in [1.54, 1.807) is 17.0 Å². The summed E-state index contributed by atoms with van der Waals surface area (Å²) in [6.45, 7) is 3.52. The second-order valence-corrected chi connectivity index (χ2v) is 4.91. The molecule has 1 heterocycles. The summed E-state index contributed by atoms with van der Waals surface area (Å²) < 4.78 is 0. The molecule has 1 unspecified atom stereocenters. The Kier molecular flexibility index (Phi) is 4.16. The minimum Gasteiger partial charge on any atom is -0.368 e. The quantitative estimate of drug-likeness (QED) is 0.817. The number of nitrogens with two attached hydrogens (primary N) is 1. The monoisotopic (exact) mass is 261 g/mol. The summed E-state index contributed by atoms with van der Waals surface area (Å²) in [5.74, 6) is -0.611. The van der Waals surface area contributed by atoms with Crippen molar-refractivity contribution in [2.24, 2.45) is 5.73 Å². The Bertz CT molecular complexity index is 464. The molecule has 102 valence electrons. The van der Waals surface area contributed by atoms with Gasteiger partial charge in [0.15, 0.2) is 0 Å². The van der Waals surface area contributed by atoms with Gasteiger partial charge in [-0.3, -0.25) is 9.59 Å². The molecule has 19 heavy (non-hydrogen) atoms. The number of rotatable bonds is 4. The van der Waals surface area contributed by atoms with Crippen molar-refractivity contribution >= 4 is 11.8 Å². The fraction of sp³-hybridized carbons (Fsp3) is 0.429. The second-order valence-electron chi connectivity index (χ2n) is 4.91. The van der Waals surface area contributed by atoms with Crippen molar-refractivity contribution in [3.05, 3.63) is 35.4 Å². The number of hydrogen-bond donors (Lipinski definition) is 2. The lowest BCUT2D eigenvalue weighted by Gasteiger charge is -2.27. The number of benzene rings is 1. The maximum atomic E-state index is 12.5. The van der Waals surface area contributed by atoms with E-state index in [0.717, 1.165) is 18.5 Å². The summed E-state index contributed by atoms with van der Waals surface area (Å²) in [5.41, 5.74) is 6.94. The van der Waals surface area contributed by atoms with Gasteiger partial charge in [0, 0.05) is 18.2 Å². The van der Waals surface area contributed by atoms with E-state index in [1.807, 2.05) is 19.1 Å². The maximum absolute atomic E-state index is 12.5. The minimum absolute atomic E-state index is 0.0287. The van der Waals surface area contributed by atoms with E-state index >= 15 is 0 Å². The third kappa shape index (κ3) is 3.32. The van der Waals surface area contributed by atoms with Crippen LogP contribution in [0.4, 0.5) is 0 Å². The normalized spacial score (nSPS) is 18.3. The van der Waals surface area contributed by atoms with Crippen LogP contribution in [0.2, 0.25) is 0 Å². The van der Waals surface area contributed by atoms with E-state index in [-0.39, 0.29) is 18.5 Å². The highest BCUT2D eigenvalue weighted by molar-refractivity contribution is 5.96. The minimum atomic E-state index is -0.479. The zero-order valence-corrected chi connectivity index (χ0v) is 11.1. The van der Waals surface area contributed by atoms with Crippen molar-refractivity contribution in [1.29, 1.82) is 0 Å². The molecule has 0 aliphatic carbocycles. The molecule has 3 N–H and O–H groups in total. The summed E-state index contributed by atoms with van der Waals surface area (Å²) in [4.78, 5) is 25.2. The molecule has 0 spiro atoms. The molecule has 1 aromatic carbocycles. The van der Waals surface area contributed by atoms with Gasteiger partial charge in [-0.2, -0.15) is 0 Å². The van der Waals surface area contributed by atoms with Gasteiger partial charge in [-0.1, -0.05) is 17.7 Å². The van der Waals surface area contributed by atoms with Crippen LogP contribution >= 0.6 is 0 Å². The van der Waals surface area contributed by atoms with Crippen LogP contribution < -0.4 is 11.1 Å². The summed E-state index contributed by atoms with van der Waals surface area (Å²) >= 11 is 0. The lowest BCUT2D eigenvalue weighted by molar-refractivity contribution is -0.119. The van der Waals surface area contributed by atoms with Gasteiger partial charge in [0.25, 0.3) is 5.91 Å². The number of aryl methyl sites for hydroxylation is 1. The van der Waals surface area contributed by atoms with E-state index < -0.39 is 5.91 Å². The fourth-order valence-corrected chi connectivity index (χ4v) is 2.30. The Hall–Kier alpha value is -1.88. The Labute approximate surface area is 112 Å². The van der Waals surface area contributed by atoms with Gasteiger partial charge in [0.2, 0.25) is 5.91 Å². The first-order valence-corrected chi connectivity index (χ1v) is 6.44. The first kappa shape index (κ1) is 13.5.